The van der Waals surface area contributed by atoms with Crippen LogP contribution < -0.4 is 0 Å². The van der Waals surface area contributed by atoms with Crippen LogP contribution in [0.15, 0.2) is 12.2 Å². The fourth-order valence-electron chi connectivity index (χ4n) is 1.36. The molecule has 0 aliphatic heterocycles. The van der Waals surface area contributed by atoms with Crippen LogP contribution in [0.4, 0.5) is 0 Å². The maximum absolute atomic E-state index is 5.29. The third kappa shape index (κ3) is 2.53. The molecule has 10 heavy (non-hydrogen) atoms. The largest absolute Gasteiger partial charge is 0.381 e. The summed E-state index contributed by atoms with van der Waals surface area (Å²) in [7, 11) is 1.82. The van der Waals surface area contributed by atoms with E-state index in [4.69, 9.17) is 4.74 Å². The van der Waals surface area contributed by atoms with Crippen LogP contribution in [0.1, 0.15) is 32.1 Å². The standard InChI is InChI=1S/C9H16O/c1-10-9-7-5-3-2-4-6-8-9/h2-3,9H,4-8H2,1H3/b3-2+/t9-/m0/s1. The first-order valence-electron chi connectivity index (χ1n) is 4.11. The predicted octanol–water partition coefficient (Wildman–Crippen LogP) is 2.52. The van der Waals surface area contributed by atoms with E-state index in [1.807, 2.05) is 7.11 Å². The number of methoxy groups -OCH3 is 1. The highest BCUT2D eigenvalue weighted by molar-refractivity contribution is 4.85. The fourth-order valence-corrected chi connectivity index (χ4v) is 1.36. The molecule has 0 N–H and O–H groups in total. The summed E-state index contributed by atoms with van der Waals surface area (Å²) in [5.41, 5.74) is 0. The average molecular weight is 140 g/mol. The second kappa shape index (κ2) is 4.51. The van der Waals surface area contributed by atoms with Crippen molar-refractivity contribution in [3.05, 3.63) is 12.2 Å². The van der Waals surface area contributed by atoms with E-state index in [1.54, 1.807) is 0 Å². The van der Waals surface area contributed by atoms with E-state index in [0.29, 0.717) is 6.10 Å². The average Bonchev–Trinajstić information content (AvgIpc) is 1.87. The Hall–Kier alpha value is -0.300. The lowest BCUT2D eigenvalue weighted by Gasteiger charge is -2.14. The van der Waals surface area contributed by atoms with Gasteiger partial charge in [-0.2, -0.15) is 0 Å². The predicted molar refractivity (Wildman–Crippen MR) is 43.0 cm³/mol. The lowest BCUT2D eigenvalue weighted by Crippen LogP contribution is -2.10. The van der Waals surface area contributed by atoms with Gasteiger partial charge in [0.15, 0.2) is 0 Å². The first kappa shape index (κ1) is 7.80. The maximum atomic E-state index is 5.29. The molecule has 0 aromatic rings. The van der Waals surface area contributed by atoms with Crippen molar-refractivity contribution in [2.24, 2.45) is 0 Å². The zero-order valence-corrected chi connectivity index (χ0v) is 6.68. The first-order chi connectivity index (χ1) is 4.93. The van der Waals surface area contributed by atoms with E-state index < -0.39 is 0 Å². The molecule has 0 aromatic heterocycles. The molecule has 0 fully saturated rings. The number of rotatable bonds is 1. The van der Waals surface area contributed by atoms with E-state index in [-0.39, 0.29) is 0 Å². The minimum atomic E-state index is 0.518. The molecule has 1 aliphatic rings. The molecule has 58 valence electrons. The van der Waals surface area contributed by atoms with Gasteiger partial charge in [0.25, 0.3) is 0 Å². The van der Waals surface area contributed by atoms with Crippen molar-refractivity contribution >= 4 is 0 Å². The quantitative estimate of drug-likeness (QED) is 0.508. The Balaban J connectivity index is 2.27. The van der Waals surface area contributed by atoms with Crippen LogP contribution in [-0.4, -0.2) is 13.2 Å². The summed E-state index contributed by atoms with van der Waals surface area (Å²) in [6, 6.07) is 0. The Morgan fingerprint density at radius 1 is 1.20 bits per heavy atom. The molecule has 0 radical (unpaired) electrons. The molecule has 0 saturated heterocycles. The minimum Gasteiger partial charge on any atom is -0.381 e. The molecule has 0 bridgehead atoms. The van der Waals surface area contributed by atoms with E-state index >= 15 is 0 Å². The maximum Gasteiger partial charge on any atom is 0.0574 e. The Bertz CT molecular complexity index is 107. The van der Waals surface area contributed by atoms with E-state index in [0.717, 1.165) is 0 Å². The molecule has 0 saturated carbocycles. The van der Waals surface area contributed by atoms with Crippen LogP contribution >= 0.6 is 0 Å². The van der Waals surface area contributed by atoms with Gasteiger partial charge in [0.1, 0.15) is 0 Å². The van der Waals surface area contributed by atoms with Gasteiger partial charge in [-0.15, -0.1) is 0 Å². The van der Waals surface area contributed by atoms with Crippen LogP contribution in [0.3, 0.4) is 0 Å². The van der Waals surface area contributed by atoms with Gasteiger partial charge in [0, 0.05) is 7.11 Å². The van der Waals surface area contributed by atoms with Gasteiger partial charge in [-0.3, -0.25) is 0 Å². The van der Waals surface area contributed by atoms with Crippen molar-refractivity contribution in [3.8, 4) is 0 Å². The molecular weight excluding hydrogens is 124 g/mol. The van der Waals surface area contributed by atoms with Crippen molar-refractivity contribution in [1.82, 2.24) is 0 Å². The van der Waals surface area contributed by atoms with Gasteiger partial charge in [0.2, 0.25) is 0 Å². The highest BCUT2D eigenvalue weighted by atomic mass is 16.5. The molecule has 1 atom stereocenters. The Labute approximate surface area is 63.1 Å². The summed E-state index contributed by atoms with van der Waals surface area (Å²) in [5, 5.41) is 0. The molecular formula is C9H16O. The van der Waals surface area contributed by atoms with Gasteiger partial charge < -0.3 is 4.74 Å². The fraction of sp³-hybridized carbons (Fsp3) is 0.778. The Morgan fingerprint density at radius 2 is 2.00 bits per heavy atom. The number of allylic oxidation sites excluding steroid dienone is 2. The van der Waals surface area contributed by atoms with E-state index in [1.165, 1.54) is 32.1 Å². The lowest BCUT2D eigenvalue weighted by atomic mass is 10.0. The van der Waals surface area contributed by atoms with Gasteiger partial charge in [0.05, 0.1) is 6.10 Å². The minimum absolute atomic E-state index is 0.518. The normalized spacial score (nSPS) is 30.7. The van der Waals surface area contributed by atoms with E-state index in [9.17, 15) is 0 Å². The molecule has 0 heterocycles. The Kier molecular flexibility index (Phi) is 3.52. The zero-order valence-electron chi connectivity index (χ0n) is 6.68. The lowest BCUT2D eigenvalue weighted by molar-refractivity contribution is 0.0864. The topological polar surface area (TPSA) is 9.23 Å². The molecule has 0 amide bonds. The second-order valence-electron chi connectivity index (χ2n) is 2.84. The number of ether oxygens (including phenoxy) is 1. The summed E-state index contributed by atoms with van der Waals surface area (Å²) < 4.78 is 5.29. The van der Waals surface area contributed by atoms with Crippen molar-refractivity contribution < 1.29 is 4.74 Å². The van der Waals surface area contributed by atoms with Crippen LogP contribution in [0, 0.1) is 0 Å². The van der Waals surface area contributed by atoms with Gasteiger partial charge in [-0.1, -0.05) is 12.2 Å². The highest BCUT2D eigenvalue weighted by Crippen LogP contribution is 2.13. The highest BCUT2D eigenvalue weighted by Gasteiger charge is 2.06. The Morgan fingerprint density at radius 3 is 2.80 bits per heavy atom. The van der Waals surface area contributed by atoms with Crippen LogP contribution in [0.25, 0.3) is 0 Å². The molecule has 1 aliphatic carbocycles. The first-order valence-corrected chi connectivity index (χ1v) is 4.11. The summed E-state index contributed by atoms with van der Waals surface area (Å²) in [5.74, 6) is 0. The SMILES string of the molecule is CO[C@H]1CC/C=C/CCC1. The van der Waals surface area contributed by atoms with Gasteiger partial charge in [-0.05, 0) is 32.1 Å². The third-order valence-electron chi connectivity index (χ3n) is 2.05. The van der Waals surface area contributed by atoms with Crippen molar-refractivity contribution in [1.29, 1.82) is 0 Å². The van der Waals surface area contributed by atoms with Gasteiger partial charge >= 0.3 is 0 Å². The molecule has 0 spiro atoms. The van der Waals surface area contributed by atoms with Crippen LogP contribution in [0.2, 0.25) is 0 Å². The molecule has 1 heteroatoms. The molecule has 1 rings (SSSR count). The molecule has 0 aromatic carbocycles. The summed E-state index contributed by atoms with van der Waals surface area (Å²) >= 11 is 0. The summed E-state index contributed by atoms with van der Waals surface area (Å²) in [4.78, 5) is 0. The zero-order chi connectivity index (χ0) is 7.23. The summed E-state index contributed by atoms with van der Waals surface area (Å²) in [6.45, 7) is 0. The molecule has 0 unspecified atom stereocenters. The van der Waals surface area contributed by atoms with Crippen molar-refractivity contribution in [3.63, 3.8) is 0 Å². The van der Waals surface area contributed by atoms with Crippen molar-refractivity contribution in [2.45, 2.75) is 38.2 Å². The van der Waals surface area contributed by atoms with Gasteiger partial charge in [-0.25, -0.2) is 0 Å². The smallest absolute Gasteiger partial charge is 0.0574 e. The van der Waals surface area contributed by atoms with Crippen LogP contribution in [0.5, 0.6) is 0 Å². The van der Waals surface area contributed by atoms with Crippen molar-refractivity contribution in [2.75, 3.05) is 7.11 Å². The molecule has 1 nitrogen and oxygen atoms in total. The monoisotopic (exact) mass is 140 g/mol. The second-order valence-corrected chi connectivity index (χ2v) is 2.84. The third-order valence-corrected chi connectivity index (χ3v) is 2.05. The number of hydrogen-bond donors (Lipinski definition) is 0. The van der Waals surface area contributed by atoms with E-state index in [2.05, 4.69) is 12.2 Å². The van der Waals surface area contributed by atoms with Crippen LogP contribution in [-0.2, 0) is 4.74 Å². The summed E-state index contributed by atoms with van der Waals surface area (Å²) in [6.07, 6.45) is 11.2. The number of hydrogen-bond acceptors (Lipinski definition) is 1.